The fourth-order valence-electron chi connectivity index (χ4n) is 0.202. The molecule has 0 radical (unpaired) electrons. The van der Waals surface area contributed by atoms with Gasteiger partial charge in [-0.05, 0) is 12.5 Å². The molecule has 0 aliphatic rings. The number of hydrogen-bond donors (Lipinski definition) is 0. The van der Waals surface area contributed by atoms with E-state index in [1.54, 1.807) is 6.92 Å². The molecule has 0 aromatic heterocycles. The van der Waals surface area contributed by atoms with Crippen LogP contribution in [0.3, 0.4) is 0 Å². The van der Waals surface area contributed by atoms with Crippen LogP contribution >= 0.6 is 0 Å². The maximum absolute atomic E-state index is 9.81. The van der Waals surface area contributed by atoms with Gasteiger partial charge < -0.3 is 4.74 Å². The number of carbonyl (C=O) groups is 3. The molecule has 0 bridgehead atoms. The molecule has 12 heavy (non-hydrogen) atoms. The van der Waals surface area contributed by atoms with Gasteiger partial charge in [0.1, 0.15) is 6.29 Å². The Balaban J connectivity index is 0. The summed E-state index contributed by atoms with van der Waals surface area (Å²) >= 11 is 0. The van der Waals surface area contributed by atoms with E-state index in [1.165, 1.54) is 13.8 Å². The first-order chi connectivity index (χ1) is 5.40. The molecule has 0 saturated carbocycles. The van der Waals surface area contributed by atoms with E-state index in [9.17, 15) is 14.4 Å². The van der Waals surface area contributed by atoms with Crippen LogP contribution in [0, 0.1) is 0 Å². The van der Waals surface area contributed by atoms with E-state index in [1.807, 2.05) is 0 Å². The van der Waals surface area contributed by atoms with Gasteiger partial charge in [0.15, 0.2) is 0 Å². The highest BCUT2D eigenvalue weighted by Gasteiger charge is 1.93. The third-order valence-electron chi connectivity index (χ3n) is 0.489. The van der Waals surface area contributed by atoms with Crippen molar-refractivity contribution in [3.63, 3.8) is 0 Å². The zero-order chi connectivity index (χ0) is 10.1. The number of rotatable bonds is 1. The summed E-state index contributed by atoms with van der Waals surface area (Å²) in [6, 6.07) is 0. The van der Waals surface area contributed by atoms with Gasteiger partial charge >= 0.3 is 11.9 Å². The van der Waals surface area contributed by atoms with Crippen LogP contribution in [0.15, 0.2) is 12.2 Å². The van der Waals surface area contributed by atoms with Crippen LogP contribution in [0.2, 0.25) is 0 Å². The smallest absolute Gasteiger partial charge is 0.310 e. The molecule has 0 saturated heterocycles. The van der Waals surface area contributed by atoms with Gasteiger partial charge in [0.05, 0.1) is 0 Å². The predicted octanol–water partition coefficient (Wildman–Crippen LogP) is 0.857. The Morgan fingerprint density at radius 2 is 1.42 bits per heavy atom. The lowest BCUT2D eigenvalue weighted by Gasteiger charge is -1.87. The third kappa shape index (κ3) is 23.5. The van der Waals surface area contributed by atoms with Crippen molar-refractivity contribution >= 4 is 18.2 Å². The predicted molar refractivity (Wildman–Crippen MR) is 43.3 cm³/mol. The molecule has 4 nitrogen and oxygen atoms in total. The Hall–Kier alpha value is -1.45. The van der Waals surface area contributed by atoms with Crippen molar-refractivity contribution in [3.05, 3.63) is 12.2 Å². The number of ether oxygens (including phenoxy) is 1. The zero-order valence-corrected chi connectivity index (χ0v) is 7.42. The molecule has 0 aromatic carbocycles. The molecule has 0 spiro atoms. The lowest BCUT2D eigenvalue weighted by Crippen LogP contribution is -2.03. The van der Waals surface area contributed by atoms with Gasteiger partial charge in [0.2, 0.25) is 0 Å². The Morgan fingerprint density at radius 3 is 1.42 bits per heavy atom. The minimum atomic E-state index is -0.562. The Morgan fingerprint density at radius 1 is 1.17 bits per heavy atom. The highest BCUT2D eigenvalue weighted by molar-refractivity contribution is 5.82. The Labute approximate surface area is 71.2 Å². The molecule has 0 N–H and O–H groups in total. The minimum Gasteiger partial charge on any atom is -0.394 e. The molecule has 0 fully saturated rings. The van der Waals surface area contributed by atoms with Crippen LogP contribution in [0.25, 0.3) is 0 Å². The monoisotopic (exact) mass is 172 g/mol. The second-order valence-electron chi connectivity index (χ2n) is 2.05. The molecule has 0 aromatic rings. The standard InChI is InChI=1S/C4H6O3.C4H6O/c1-3(5)7-4(2)6;1-4(2)3-5/h1-2H3;3H,1H2,2H3. The van der Waals surface area contributed by atoms with E-state index in [2.05, 4.69) is 11.3 Å². The van der Waals surface area contributed by atoms with Gasteiger partial charge in [-0.15, -0.1) is 0 Å². The van der Waals surface area contributed by atoms with Gasteiger partial charge in [0, 0.05) is 13.8 Å². The van der Waals surface area contributed by atoms with Crippen LogP contribution in [0.4, 0.5) is 0 Å². The topological polar surface area (TPSA) is 60.4 Å². The minimum absolute atomic E-state index is 0.562. The van der Waals surface area contributed by atoms with Gasteiger partial charge in [-0.2, -0.15) is 0 Å². The summed E-state index contributed by atoms with van der Waals surface area (Å²) in [6.07, 6.45) is 0.722. The number of allylic oxidation sites excluding steroid dienone is 1. The Bertz CT molecular complexity index is 181. The van der Waals surface area contributed by atoms with E-state index < -0.39 is 11.9 Å². The van der Waals surface area contributed by atoms with Crippen LogP contribution in [-0.2, 0) is 19.1 Å². The third-order valence-corrected chi connectivity index (χ3v) is 0.489. The van der Waals surface area contributed by atoms with E-state index in [0.29, 0.717) is 5.57 Å². The second kappa shape index (κ2) is 7.65. The average Bonchev–Trinajstić information content (AvgIpc) is 1.85. The highest BCUT2D eigenvalue weighted by Crippen LogP contribution is 1.73. The van der Waals surface area contributed by atoms with Crippen molar-refractivity contribution in [3.8, 4) is 0 Å². The first kappa shape index (κ1) is 13.2. The van der Waals surface area contributed by atoms with Gasteiger partial charge in [-0.25, -0.2) is 0 Å². The fourth-order valence-corrected chi connectivity index (χ4v) is 0.202. The summed E-state index contributed by atoms with van der Waals surface area (Å²) in [5.74, 6) is -1.12. The number of hydrogen-bond acceptors (Lipinski definition) is 4. The molecule has 0 aliphatic heterocycles. The summed E-state index contributed by atoms with van der Waals surface area (Å²) in [5, 5.41) is 0. The number of esters is 2. The van der Waals surface area contributed by atoms with Crippen LogP contribution in [0.5, 0.6) is 0 Å². The highest BCUT2D eigenvalue weighted by atomic mass is 16.6. The first-order valence-corrected chi connectivity index (χ1v) is 3.19. The first-order valence-electron chi connectivity index (χ1n) is 3.19. The summed E-state index contributed by atoms with van der Waals surface area (Å²) < 4.78 is 3.97. The second-order valence-corrected chi connectivity index (χ2v) is 2.05. The quantitative estimate of drug-likeness (QED) is 0.255. The largest absolute Gasteiger partial charge is 0.394 e. The zero-order valence-electron chi connectivity index (χ0n) is 7.42. The maximum Gasteiger partial charge on any atom is 0.310 e. The lowest BCUT2D eigenvalue weighted by molar-refractivity contribution is -0.156. The normalized spacial score (nSPS) is 7.25. The van der Waals surface area contributed by atoms with Crippen molar-refractivity contribution < 1.29 is 19.1 Å². The average molecular weight is 172 g/mol. The van der Waals surface area contributed by atoms with Crippen molar-refractivity contribution in [2.24, 2.45) is 0 Å². The van der Waals surface area contributed by atoms with E-state index in [0.717, 1.165) is 6.29 Å². The van der Waals surface area contributed by atoms with Gasteiger partial charge in [-0.1, -0.05) is 6.58 Å². The molecule has 0 unspecified atom stereocenters. The van der Waals surface area contributed by atoms with Crippen LogP contribution in [0.1, 0.15) is 20.8 Å². The molecule has 68 valence electrons. The molecular weight excluding hydrogens is 160 g/mol. The molecule has 4 heteroatoms. The lowest BCUT2D eigenvalue weighted by atomic mass is 10.4. The molecule has 0 amide bonds. The molecule has 0 aliphatic carbocycles. The number of aldehydes is 1. The SMILES string of the molecule is C=C(C)C=O.CC(=O)OC(C)=O. The molecule has 0 heterocycles. The van der Waals surface area contributed by atoms with Crippen molar-refractivity contribution in [1.29, 1.82) is 0 Å². The van der Waals surface area contributed by atoms with Crippen molar-refractivity contribution in [2.75, 3.05) is 0 Å². The summed E-state index contributed by atoms with van der Waals surface area (Å²) in [6.45, 7) is 7.33. The van der Waals surface area contributed by atoms with E-state index >= 15 is 0 Å². The van der Waals surface area contributed by atoms with E-state index in [-0.39, 0.29) is 0 Å². The maximum atomic E-state index is 9.81. The van der Waals surface area contributed by atoms with Gasteiger partial charge in [0.25, 0.3) is 0 Å². The number of carbonyl (C=O) groups excluding carboxylic acids is 3. The van der Waals surface area contributed by atoms with Crippen LogP contribution < -0.4 is 0 Å². The van der Waals surface area contributed by atoms with E-state index in [4.69, 9.17) is 0 Å². The Kier molecular flexibility index (Phi) is 8.40. The summed E-state index contributed by atoms with van der Waals surface area (Å²) in [4.78, 5) is 29.0. The van der Waals surface area contributed by atoms with Crippen LogP contribution in [-0.4, -0.2) is 18.2 Å². The molecular formula is C8H12O4. The molecule has 0 rings (SSSR count). The molecule has 0 atom stereocenters. The van der Waals surface area contributed by atoms with Crippen molar-refractivity contribution in [2.45, 2.75) is 20.8 Å². The van der Waals surface area contributed by atoms with Crippen molar-refractivity contribution in [1.82, 2.24) is 0 Å². The summed E-state index contributed by atoms with van der Waals surface area (Å²) in [5.41, 5.74) is 0.574. The van der Waals surface area contributed by atoms with Gasteiger partial charge in [-0.3, -0.25) is 14.4 Å². The fraction of sp³-hybridized carbons (Fsp3) is 0.375. The summed E-state index contributed by atoms with van der Waals surface area (Å²) in [7, 11) is 0.